The van der Waals surface area contributed by atoms with Gasteiger partial charge in [-0.2, -0.15) is 0 Å². The summed E-state index contributed by atoms with van der Waals surface area (Å²) >= 11 is 19.3. The lowest BCUT2D eigenvalue weighted by Crippen LogP contribution is -2.15. The van der Waals surface area contributed by atoms with E-state index in [2.05, 4.69) is 15.5 Å². The van der Waals surface area contributed by atoms with Crippen LogP contribution in [0.2, 0.25) is 15.1 Å². The van der Waals surface area contributed by atoms with Crippen molar-refractivity contribution in [2.45, 2.75) is 25.1 Å². The maximum absolute atomic E-state index is 12.3. The average Bonchev–Trinajstić information content (AvgIpc) is 3.06. The molecule has 0 aliphatic heterocycles. The number of halogens is 3. The van der Waals surface area contributed by atoms with Crippen molar-refractivity contribution in [3.05, 3.63) is 62.9 Å². The number of thioether (sulfide) groups is 1. The number of rotatable bonds is 7. The van der Waals surface area contributed by atoms with Crippen LogP contribution in [0.4, 0.5) is 5.69 Å². The molecular formula is C20H19Cl3N4O2S. The predicted octanol–water partition coefficient (Wildman–Crippen LogP) is 5.95. The number of carbonyl (C=O) groups excluding carboxylic acids is 1. The third kappa shape index (κ3) is 5.40. The van der Waals surface area contributed by atoms with Crippen LogP contribution in [0.15, 0.2) is 41.6 Å². The Bertz CT molecular complexity index is 1070. The van der Waals surface area contributed by atoms with Crippen molar-refractivity contribution in [2.24, 2.45) is 7.05 Å². The number of carbonyl (C=O) groups is 1. The number of ether oxygens (including phenoxy) is 1. The van der Waals surface area contributed by atoms with Crippen molar-refractivity contribution in [3.8, 4) is 5.75 Å². The lowest BCUT2D eigenvalue weighted by atomic mass is 10.2. The molecule has 2 aromatic carbocycles. The van der Waals surface area contributed by atoms with Crippen molar-refractivity contribution in [3.63, 3.8) is 0 Å². The third-order valence-corrected chi connectivity index (χ3v) is 6.31. The summed E-state index contributed by atoms with van der Waals surface area (Å²) in [6, 6.07) is 10.5. The van der Waals surface area contributed by atoms with E-state index in [-0.39, 0.29) is 17.8 Å². The molecule has 3 rings (SSSR count). The van der Waals surface area contributed by atoms with Gasteiger partial charge in [-0.1, -0.05) is 52.6 Å². The Morgan fingerprint density at radius 3 is 2.73 bits per heavy atom. The van der Waals surface area contributed by atoms with Gasteiger partial charge in [0, 0.05) is 12.1 Å². The fourth-order valence-electron chi connectivity index (χ4n) is 2.71. The van der Waals surface area contributed by atoms with Gasteiger partial charge < -0.3 is 14.6 Å². The number of nitrogens with one attached hydrogen (secondary N) is 1. The van der Waals surface area contributed by atoms with Gasteiger partial charge in [0.2, 0.25) is 5.91 Å². The summed E-state index contributed by atoms with van der Waals surface area (Å²) in [6.07, 6.45) is -0.337. The van der Waals surface area contributed by atoms with Gasteiger partial charge >= 0.3 is 0 Å². The lowest BCUT2D eigenvalue weighted by molar-refractivity contribution is -0.113. The summed E-state index contributed by atoms with van der Waals surface area (Å²) in [5.74, 6) is 1.28. The molecule has 1 unspecified atom stereocenters. The van der Waals surface area contributed by atoms with Crippen LogP contribution in [0.1, 0.15) is 24.4 Å². The van der Waals surface area contributed by atoms with Gasteiger partial charge in [-0.15, -0.1) is 10.2 Å². The normalized spacial score (nSPS) is 11.9. The van der Waals surface area contributed by atoms with E-state index in [1.165, 1.54) is 11.8 Å². The molecule has 1 atom stereocenters. The molecule has 1 heterocycles. The van der Waals surface area contributed by atoms with Gasteiger partial charge in [-0.3, -0.25) is 4.79 Å². The highest BCUT2D eigenvalue weighted by Crippen LogP contribution is 2.30. The lowest BCUT2D eigenvalue weighted by Gasteiger charge is -2.16. The minimum Gasteiger partial charge on any atom is -0.482 e. The molecule has 6 nitrogen and oxygen atoms in total. The molecular weight excluding hydrogens is 467 g/mol. The van der Waals surface area contributed by atoms with Crippen LogP contribution < -0.4 is 10.1 Å². The Hall–Kier alpha value is -1.93. The number of aryl methyl sites for hydroxylation is 1. The van der Waals surface area contributed by atoms with Crippen LogP contribution in [-0.4, -0.2) is 26.4 Å². The Morgan fingerprint density at radius 1 is 1.23 bits per heavy atom. The van der Waals surface area contributed by atoms with Crippen LogP contribution >= 0.6 is 46.6 Å². The molecule has 0 radical (unpaired) electrons. The molecule has 3 aromatic rings. The van der Waals surface area contributed by atoms with Crippen LogP contribution in [0.25, 0.3) is 0 Å². The van der Waals surface area contributed by atoms with Gasteiger partial charge in [0.25, 0.3) is 0 Å². The Morgan fingerprint density at radius 2 is 2.00 bits per heavy atom. The molecule has 1 N–H and O–H groups in total. The summed E-state index contributed by atoms with van der Waals surface area (Å²) in [5, 5.41) is 13.1. The van der Waals surface area contributed by atoms with Gasteiger partial charge in [0.15, 0.2) is 17.1 Å². The molecule has 0 fully saturated rings. The quantitative estimate of drug-likeness (QED) is 0.418. The van der Waals surface area contributed by atoms with Crippen molar-refractivity contribution in [1.29, 1.82) is 0 Å². The minimum atomic E-state index is -0.337. The zero-order valence-corrected chi connectivity index (χ0v) is 19.5. The first-order chi connectivity index (χ1) is 14.3. The van der Waals surface area contributed by atoms with E-state index in [9.17, 15) is 4.79 Å². The molecule has 10 heteroatoms. The first-order valence-corrected chi connectivity index (χ1v) is 11.1. The van der Waals surface area contributed by atoms with Crippen molar-refractivity contribution >= 4 is 58.2 Å². The number of aromatic nitrogens is 3. The fourth-order valence-corrected chi connectivity index (χ4v) is 4.00. The van der Waals surface area contributed by atoms with Crippen molar-refractivity contribution in [2.75, 3.05) is 11.1 Å². The summed E-state index contributed by atoms with van der Waals surface area (Å²) in [7, 11) is 1.83. The maximum Gasteiger partial charge on any atom is 0.234 e. The first-order valence-electron chi connectivity index (χ1n) is 8.95. The van der Waals surface area contributed by atoms with E-state index in [4.69, 9.17) is 39.5 Å². The van der Waals surface area contributed by atoms with Gasteiger partial charge in [0.1, 0.15) is 5.75 Å². The standard InChI is InChI=1S/C20H19Cl3N4O2S/c1-11-9-13(21)7-8-16(11)29-12(2)19-25-26-20(27(19)3)30-10-17(28)24-15-6-4-5-14(22)18(15)23/h4-9,12H,10H2,1-3H3,(H,24,28). The maximum atomic E-state index is 12.3. The van der Waals surface area contributed by atoms with Gasteiger partial charge in [0.05, 0.1) is 21.5 Å². The molecule has 0 spiro atoms. The smallest absolute Gasteiger partial charge is 0.234 e. The SMILES string of the molecule is Cc1cc(Cl)ccc1OC(C)c1nnc(SCC(=O)Nc2cccc(Cl)c2Cl)n1C. The monoisotopic (exact) mass is 484 g/mol. The zero-order chi connectivity index (χ0) is 21.8. The van der Waals surface area contributed by atoms with E-state index in [0.717, 1.165) is 11.3 Å². The molecule has 1 amide bonds. The highest BCUT2D eigenvalue weighted by molar-refractivity contribution is 7.99. The number of hydrogen-bond donors (Lipinski definition) is 1. The summed E-state index contributed by atoms with van der Waals surface area (Å²) in [5.41, 5.74) is 1.40. The van der Waals surface area contributed by atoms with E-state index < -0.39 is 0 Å². The Balaban J connectivity index is 1.62. The number of nitrogens with zero attached hydrogens (tertiary/aromatic N) is 3. The topological polar surface area (TPSA) is 69.0 Å². The fraction of sp³-hybridized carbons (Fsp3) is 0.250. The molecule has 0 aliphatic carbocycles. The van der Waals surface area contributed by atoms with Crippen molar-refractivity contribution in [1.82, 2.24) is 14.8 Å². The average molecular weight is 486 g/mol. The van der Waals surface area contributed by atoms with Crippen LogP contribution in [0, 0.1) is 6.92 Å². The molecule has 0 saturated carbocycles. The summed E-state index contributed by atoms with van der Waals surface area (Å²) in [6.45, 7) is 3.82. The summed E-state index contributed by atoms with van der Waals surface area (Å²) < 4.78 is 7.82. The second kappa shape index (κ2) is 9.92. The van der Waals surface area contributed by atoms with Crippen LogP contribution in [0.3, 0.4) is 0 Å². The highest BCUT2D eigenvalue weighted by atomic mass is 35.5. The van der Waals surface area contributed by atoms with E-state index in [0.29, 0.717) is 31.7 Å². The molecule has 1 aromatic heterocycles. The number of anilines is 1. The van der Waals surface area contributed by atoms with Crippen LogP contribution in [-0.2, 0) is 11.8 Å². The highest BCUT2D eigenvalue weighted by Gasteiger charge is 2.19. The molecule has 0 aliphatic rings. The Labute approximate surface area is 193 Å². The molecule has 0 saturated heterocycles. The van der Waals surface area contributed by atoms with E-state index in [1.807, 2.05) is 33.0 Å². The second-order valence-electron chi connectivity index (χ2n) is 6.51. The van der Waals surface area contributed by atoms with Gasteiger partial charge in [-0.05, 0) is 49.7 Å². The van der Waals surface area contributed by atoms with Crippen LogP contribution in [0.5, 0.6) is 5.75 Å². The number of benzene rings is 2. The Kier molecular flexibility index (Phi) is 7.52. The zero-order valence-electron chi connectivity index (χ0n) is 16.4. The second-order valence-corrected chi connectivity index (χ2v) is 8.67. The minimum absolute atomic E-state index is 0.139. The third-order valence-electron chi connectivity index (χ3n) is 4.23. The number of amides is 1. The molecule has 30 heavy (non-hydrogen) atoms. The van der Waals surface area contributed by atoms with Crippen molar-refractivity contribution < 1.29 is 9.53 Å². The van der Waals surface area contributed by atoms with E-state index >= 15 is 0 Å². The molecule has 158 valence electrons. The molecule has 0 bridgehead atoms. The predicted molar refractivity (Wildman–Crippen MR) is 122 cm³/mol. The largest absolute Gasteiger partial charge is 0.482 e. The summed E-state index contributed by atoms with van der Waals surface area (Å²) in [4.78, 5) is 12.3. The van der Waals surface area contributed by atoms with Gasteiger partial charge in [-0.25, -0.2) is 0 Å². The van der Waals surface area contributed by atoms with E-state index in [1.54, 1.807) is 28.8 Å². The first kappa shape index (κ1) is 22.7. The number of hydrogen-bond acceptors (Lipinski definition) is 5.